The number of hydrogen-bond acceptors (Lipinski definition) is 9. The van der Waals surface area contributed by atoms with Crippen LogP contribution in [0.25, 0.3) is 11.3 Å². The van der Waals surface area contributed by atoms with Gasteiger partial charge in [-0.1, -0.05) is 35.5 Å². The van der Waals surface area contributed by atoms with Crippen molar-refractivity contribution >= 4 is 5.82 Å². The van der Waals surface area contributed by atoms with Crippen molar-refractivity contribution in [1.82, 2.24) is 14.7 Å². The third-order valence-electron chi connectivity index (χ3n) is 4.66. The van der Waals surface area contributed by atoms with E-state index in [0.717, 1.165) is 10.1 Å². The van der Waals surface area contributed by atoms with Gasteiger partial charge in [0.15, 0.2) is 12.0 Å². The highest BCUT2D eigenvalue weighted by atomic mass is 16.6. The Morgan fingerprint density at radius 2 is 2.03 bits per heavy atom. The van der Waals surface area contributed by atoms with Crippen molar-refractivity contribution in [3.8, 4) is 11.3 Å². The second kappa shape index (κ2) is 8.13. The number of rotatable bonds is 6. The number of nitrogens with two attached hydrogens (primary N) is 1. The molecule has 10 nitrogen and oxygen atoms in total. The lowest BCUT2D eigenvalue weighted by atomic mass is 10.1. The zero-order chi connectivity index (χ0) is 20.4. The van der Waals surface area contributed by atoms with E-state index in [0.29, 0.717) is 11.5 Å². The molecule has 0 amide bonds. The molecule has 0 bridgehead atoms. The first kappa shape index (κ1) is 19.3. The standard InChI is InChI=1S/C19H20N4O6/c20-15-6-7-23(19(26)21-15)18-17(16(25)14(9-24)28-18)27-10-12-8-13(22-29-12)11-4-2-1-3-5-11/h1-8,14,16-18,24-25H,9-10H2,(H2,20,21,26)/t14-,16-,17-,18-/m1/s1. The normalized spacial score (nSPS) is 24.1. The Morgan fingerprint density at radius 1 is 1.24 bits per heavy atom. The van der Waals surface area contributed by atoms with Crippen LogP contribution in [-0.4, -0.2) is 49.8 Å². The molecule has 152 valence electrons. The average molecular weight is 400 g/mol. The molecule has 0 spiro atoms. The predicted octanol–water partition coefficient (Wildman–Crippen LogP) is 0.316. The first-order valence-corrected chi connectivity index (χ1v) is 8.98. The van der Waals surface area contributed by atoms with E-state index in [2.05, 4.69) is 10.1 Å². The minimum Gasteiger partial charge on any atom is -0.394 e. The molecule has 0 radical (unpaired) electrons. The smallest absolute Gasteiger partial charge is 0.351 e. The molecule has 0 unspecified atom stereocenters. The molecular formula is C19H20N4O6. The van der Waals surface area contributed by atoms with Gasteiger partial charge in [0.05, 0.1) is 6.61 Å². The quantitative estimate of drug-likeness (QED) is 0.532. The summed E-state index contributed by atoms with van der Waals surface area (Å²) in [6.45, 7) is -0.453. The highest BCUT2D eigenvalue weighted by molar-refractivity contribution is 5.58. The fraction of sp³-hybridized carbons (Fsp3) is 0.316. The molecule has 3 heterocycles. The van der Waals surface area contributed by atoms with Crippen molar-refractivity contribution < 1.29 is 24.2 Å². The maximum Gasteiger partial charge on any atom is 0.351 e. The van der Waals surface area contributed by atoms with Crippen LogP contribution in [0.2, 0.25) is 0 Å². The van der Waals surface area contributed by atoms with Crippen LogP contribution in [0.1, 0.15) is 12.0 Å². The first-order valence-electron chi connectivity index (χ1n) is 8.98. The summed E-state index contributed by atoms with van der Waals surface area (Å²) in [6.07, 6.45) is -2.60. The Morgan fingerprint density at radius 3 is 2.76 bits per heavy atom. The van der Waals surface area contributed by atoms with Crippen LogP contribution in [0.5, 0.6) is 0 Å². The summed E-state index contributed by atoms with van der Waals surface area (Å²) in [7, 11) is 0. The van der Waals surface area contributed by atoms with E-state index in [4.69, 9.17) is 19.7 Å². The van der Waals surface area contributed by atoms with Gasteiger partial charge in [-0.25, -0.2) is 4.79 Å². The minimum atomic E-state index is -1.16. The molecule has 1 aliphatic rings. The second-order valence-corrected chi connectivity index (χ2v) is 6.60. The molecule has 1 aromatic carbocycles. The van der Waals surface area contributed by atoms with Crippen molar-refractivity contribution in [2.75, 3.05) is 12.3 Å². The summed E-state index contributed by atoms with van der Waals surface area (Å²) in [6, 6.07) is 12.7. The summed E-state index contributed by atoms with van der Waals surface area (Å²) >= 11 is 0. The van der Waals surface area contributed by atoms with Gasteiger partial charge in [-0.3, -0.25) is 4.57 Å². The van der Waals surface area contributed by atoms with Crippen molar-refractivity contribution in [3.63, 3.8) is 0 Å². The number of aromatic nitrogens is 3. The van der Waals surface area contributed by atoms with Crippen LogP contribution in [0, 0.1) is 0 Å². The number of hydrogen-bond donors (Lipinski definition) is 3. The predicted molar refractivity (Wildman–Crippen MR) is 100 cm³/mol. The molecule has 1 aliphatic heterocycles. The van der Waals surface area contributed by atoms with Crippen molar-refractivity contribution in [1.29, 1.82) is 0 Å². The summed E-state index contributed by atoms with van der Waals surface area (Å²) in [5.74, 6) is 0.501. The van der Waals surface area contributed by atoms with Crippen molar-refractivity contribution in [2.24, 2.45) is 0 Å². The van der Waals surface area contributed by atoms with Gasteiger partial charge in [0.1, 0.15) is 36.4 Å². The van der Waals surface area contributed by atoms with Crippen LogP contribution in [0.15, 0.2) is 58.0 Å². The Bertz CT molecular complexity index is 1020. The lowest BCUT2D eigenvalue weighted by Gasteiger charge is -2.21. The van der Waals surface area contributed by atoms with E-state index >= 15 is 0 Å². The molecule has 2 aromatic heterocycles. The molecule has 4 rings (SSSR count). The van der Waals surface area contributed by atoms with Crippen LogP contribution in [0.3, 0.4) is 0 Å². The monoisotopic (exact) mass is 400 g/mol. The number of ether oxygens (including phenoxy) is 2. The van der Waals surface area contributed by atoms with Gasteiger partial charge in [0.2, 0.25) is 0 Å². The molecule has 4 N–H and O–H groups in total. The van der Waals surface area contributed by atoms with Gasteiger partial charge in [-0.05, 0) is 6.07 Å². The maximum atomic E-state index is 12.2. The Labute approximate surface area is 165 Å². The van der Waals surface area contributed by atoms with E-state index in [9.17, 15) is 15.0 Å². The lowest BCUT2D eigenvalue weighted by molar-refractivity contribution is -0.0831. The lowest BCUT2D eigenvalue weighted by Crippen LogP contribution is -2.38. The topological polar surface area (TPSA) is 146 Å². The minimum absolute atomic E-state index is 0.0171. The van der Waals surface area contributed by atoms with Crippen LogP contribution in [-0.2, 0) is 16.1 Å². The maximum absolute atomic E-state index is 12.2. The molecule has 10 heteroatoms. The number of nitrogens with zero attached hydrogens (tertiary/aromatic N) is 3. The van der Waals surface area contributed by atoms with Gasteiger partial charge in [0.25, 0.3) is 0 Å². The molecule has 0 saturated carbocycles. The van der Waals surface area contributed by atoms with E-state index in [1.807, 2.05) is 30.3 Å². The van der Waals surface area contributed by atoms with Gasteiger partial charge < -0.3 is 29.9 Å². The first-order chi connectivity index (χ1) is 14.1. The third-order valence-corrected chi connectivity index (χ3v) is 4.66. The van der Waals surface area contributed by atoms with E-state index in [1.54, 1.807) is 6.07 Å². The molecule has 29 heavy (non-hydrogen) atoms. The number of aliphatic hydroxyl groups excluding tert-OH is 2. The fourth-order valence-corrected chi connectivity index (χ4v) is 3.20. The van der Waals surface area contributed by atoms with E-state index in [-0.39, 0.29) is 12.4 Å². The number of nitrogen functional groups attached to an aromatic ring is 1. The molecule has 0 aliphatic carbocycles. The molecule has 3 aromatic rings. The summed E-state index contributed by atoms with van der Waals surface area (Å²) < 4.78 is 17.9. The van der Waals surface area contributed by atoms with Gasteiger partial charge in [-0.2, -0.15) is 4.98 Å². The summed E-state index contributed by atoms with van der Waals surface area (Å²) in [5, 5.41) is 23.9. The van der Waals surface area contributed by atoms with Gasteiger partial charge in [0, 0.05) is 17.8 Å². The molecular weight excluding hydrogens is 380 g/mol. The molecule has 1 fully saturated rings. The number of benzene rings is 1. The zero-order valence-electron chi connectivity index (χ0n) is 15.3. The zero-order valence-corrected chi connectivity index (χ0v) is 15.3. The molecule has 1 saturated heterocycles. The van der Waals surface area contributed by atoms with E-state index in [1.165, 1.54) is 12.3 Å². The highest BCUT2D eigenvalue weighted by Gasteiger charge is 2.45. The fourth-order valence-electron chi connectivity index (χ4n) is 3.20. The SMILES string of the molecule is Nc1ccn([C@@H]2O[C@H](CO)[C@@H](O)[C@H]2OCc2cc(-c3ccccc3)no2)c(=O)n1. The van der Waals surface area contributed by atoms with Gasteiger partial charge >= 0.3 is 5.69 Å². The highest BCUT2D eigenvalue weighted by Crippen LogP contribution is 2.31. The van der Waals surface area contributed by atoms with Crippen LogP contribution in [0.4, 0.5) is 5.82 Å². The van der Waals surface area contributed by atoms with Crippen molar-refractivity contribution in [3.05, 3.63) is 64.9 Å². The Kier molecular flexibility index (Phi) is 5.41. The van der Waals surface area contributed by atoms with Crippen LogP contribution >= 0.6 is 0 Å². The second-order valence-electron chi connectivity index (χ2n) is 6.60. The Hall–Kier alpha value is -3.05. The Balaban J connectivity index is 1.52. The van der Waals surface area contributed by atoms with Gasteiger partial charge in [-0.15, -0.1) is 0 Å². The summed E-state index contributed by atoms with van der Waals surface area (Å²) in [5.41, 5.74) is 6.41. The number of anilines is 1. The van der Waals surface area contributed by atoms with Crippen molar-refractivity contribution in [2.45, 2.75) is 31.1 Å². The third kappa shape index (κ3) is 3.91. The largest absolute Gasteiger partial charge is 0.394 e. The average Bonchev–Trinajstić information content (AvgIpc) is 3.32. The van der Waals surface area contributed by atoms with Crippen LogP contribution < -0.4 is 11.4 Å². The van der Waals surface area contributed by atoms with E-state index < -0.39 is 36.8 Å². The number of aliphatic hydroxyl groups is 2. The summed E-state index contributed by atoms with van der Waals surface area (Å²) in [4.78, 5) is 15.8. The molecule has 4 atom stereocenters.